The topological polar surface area (TPSA) is 41.1 Å². The van der Waals surface area contributed by atoms with Gasteiger partial charge in [-0.2, -0.15) is 23.5 Å². The summed E-state index contributed by atoms with van der Waals surface area (Å²) in [6.45, 7) is 2.78. The van der Waals surface area contributed by atoms with Crippen LogP contribution in [0.5, 0.6) is 0 Å². The molecule has 2 N–H and O–H groups in total. The highest BCUT2D eigenvalue weighted by molar-refractivity contribution is 8.06. The van der Waals surface area contributed by atoms with Crippen molar-refractivity contribution < 1.29 is 4.79 Å². The van der Waals surface area contributed by atoms with Gasteiger partial charge in [0.05, 0.1) is 5.56 Å². The maximum atomic E-state index is 12.2. The number of hydrogen-bond acceptors (Lipinski definition) is 4. The van der Waals surface area contributed by atoms with Crippen molar-refractivity contribution in [3.8, 4) is 0 Å². The third-order valence-corrected chi connectivity index (χ3v) is 5.91. The fourth-order valence-electron chi connectivity index (χ4n) is 2.02. The molecule has 1 aliphatic rings. The van der Waals surface area contributed by atoms with E-state index in [2.05, 4.69) is 10.6 Å². The lowest BCUT2D eigenvalue weighted by Gasteiger charge is -2.21. The van der Waals surface area contributed by atoms with E-state index in [9.17, 15) is 4.79 Å². The van der Waals surface area contributed by atoms with Crippen LogP contribution in [-0.4, -0.2) is 42.0 Å². The highest BCUT2D eigenvalue weighted by Gasteiger charge is 2.16. The van der Waals surface area contributed by atoms with Crippen LogP contribution in [0.1, 0.15) is 15.9 Å². The molecule has 0 aromatic heterocycles. The van der Waals surface area contributed by atoms with Crippen molar-refractivity contribution in [3.05, 3.63) is 29.3 Å². The minimum Gasteiger partial charge on any atom is -0.387 e. The van der Waals surface area contributed by atoms with Crippen LogP contribution in [0.15, 0.2) is 18.2 Å². The van der Waals surface area contributed by atoms with E-state index in [1.807, 2.05) is 55.7 Å². The molecule has 0 radical (unpaired) electrons. The molecule has 1 aromatic rings. The third-order valence-electron chi connectivity index (χ3n) is 3.06. The Morgan fingerprint density at radius 3 is 2.95 bits per heavy atom. The number of nitrogens with one attached hydrogen (secondary N) is 2. The van der Waals surface area contributed by atoms with E-state index in [4.69, 9.17) is 0 Å². The van der Waals surface area contributed by atoms with Gasteiger partial charge in [-0.05, 0) is 24.6 Å². The molecule has 5 heteroatoms. The van der Waals surface area contributed by atoms with Crippen molar-refractivity contribution in [1.29, 1.82) is 0 Å². The predicted octanol–water partition coefficient (Wildman–Crippen LogP) is 2.62. The zero-order valence-corrected chi connectivity index (χ0v) is 13.0. The van der Waals surface area contributed by atoms with Crippen LogP contribution in [0.4, 0.5) is 5.69 Å². The van der Waals surface area contributed by atoms with Gasteiger partial charge in [0, 0.05) is 41.8 Å². The number of rotatable bonds is 4. The largest absolute Gasteiger partial charge is 0.387 e. The molecule has 3 nitrogen and oxygen atoms in total. The van der Waals surface area contributed by atoms with Crippen molar-refractivity contribution >= 4 is 35.1 Å². The second-order valence-electron chi connectivity index (χ2n) is 4.58. The molecule has 1 unspecified atom stereocenters. The number of amides is 1. The Balaban J connectivity index is 1.95. The number of anilines is 1. The van der Waals surface area contributed by atoms with Crippen molar-refractivity contribution in [2.75, 3.05) is 36.2 Å². The molecule has 1 amide bonds. The van der Waals surface area contributed by atoms with E-state index in [1.165, 1.54) is 11.5 Å². The van der Waals surface area contributed by atoms with Gasteiger partial charge in [-0.15, -0.1) is 0 Å². The molecule has 19 heavy (non-hydrogen) atoms. The lowest BCUT2D eigenvalue weighted by Crippen LogP contribution is -2.33. The lowest BCUT2D eigenvalue weighted by molar-refractivity contribution is 0.0955. The van der Waals surface area contributed by atoms with Gasteiger partial charge in [0.25, 0.3) is 5.91 Å². The average Bonchev–Trinajstić information content (AvgIpc) is 2.45. The first-order valence-corrected chi connectivity index (χ1v) is 8.67. The fourth-order valence-corrected chi connectivity index (χ4v) is 4.63. The molecule has 1 aromatic carbocycles. The second kappa shape index (κ2) is 7.10. The Morgan fingerprint density at radius 2 is 2.26 bits per heavy atom. The van der Waals surface area contributed by atoms with Gasteiger partial charge in [-0.1, -0.05) is 6.07 Å². The number of aryl methyl sites for hydroxylation is 1. The summed E-state index contributed by atoms with van der Waals surface area (Å²) < 4.78 is 0. The summed E-state index contributed by atoms with van der Waals surface area (Å²) in [5.74, 6) is 3.58. The molecule has 1 atom stereocenters. The van der Waals surface area contributed by atoms with Gasteiger partial charge >= 0.3 is 0 Å². The first kappa shape index (κ1) is 14.6. The maximum Gasteiger partial charge on any atom is 0.253 e. The smallest absolute Gasteiger partial charge is 0.253 e. The minimum absolute atomic E-state index is 0.0144. The molecular weight excluding hydrogens is 276 g/mol. The van der Waals surface area contributed by atoms with E-state index in [-0.39, 0.29) is 5.91 Å². The van der Waals surface area contributed by atoms with Crippen LogP contribution in [-0.2, 0) is 0 Å². The van der Waals surface area contributed by atoms with Crippen LogP contribution < -0.4 is 10.6 Å². The summed E-state index contributed by atoms with van der Waals surface area (Å²) in [6, 6.07) is 5.86. The standard InChI is InChI=1S/C14H20N2OS2/c1-10-3-4-12(13(7-10)15-2)14(17)16-8-11-9-18-5-6-19-11/h3-4,7,11,15H,5-6,8-9H2,1-2H3,(H,16,17). The summed E-state index contributed by atoms with van der Waals surface area (Å²) in [7, 11) is 1.85. The van der Waals surface area contributed by atoms with Crippen molar-refractivity contribution in [1.82, 2.24) is 5.32 Å². The number of benzene rings is 1. The highest BCUT2D eigenvalue weighted by Crippen LogP contribution is 2.23. The fraction of sp³-hybridized carbons (Fsp3) is 0.500. The van der Waals surface area contributed by atoms with Crippen LogP contribution in [0.25, 0.3) is 0 Å². The maximum absolute atomic E-state index is 12.2. The van der Waals surface area contributed by atoms with Gasteiger partial charge in [-0.25, -0.2) is 0 Å². The van der Waals surface area contributed by atoms with Crippen LogP contribution in [0.2, 0.25) is 0 Å². The van der Waals surface area contributed by atoms with Gasteiger partial charge < -0.3 is 10.6 Å². The molecule has 0 spiro atoms. The minimum atomic E-state index is 0.0144. The van der Waals surface area contributed by atoms with E-state index in [1.54, 1.807) is 0 Å². The Labute approximate surface area is 123 Å². The van der Waals surface area contributed by atoms with Gasteiger partial charge in [0.2, 0.25) is 0 Å². The number of carbonyl (C=O) groups is 1. The molecule has 1 saturated heterocycles. The molecule has 2 rings (SSSR count). The molecule has 1 heterocycles. The summed E-state index contributed by atoms with van der Waals surface area (Å²) in [6.07, 6.45) is 0. The monoisotopic (exact) mass is 296 g/mol. The molecule has 1 aliphatic heterocycles. The first-order chi connectivity index (χ1) is 9.20. The summed E-state index contributed by atoms with van der Waals surface area (Å²) in [5.41, 5.74) is 2.77. The normalized spacial score (nSPS) is 18.9. The SMILES string of the molecule is CNc1cc(C)ccc1C(=O)NCC1CSCCS1. The third kappa shape index (κ3) is 4.08. The van der Waals surface area contributed by atoms with Gasteiger partial charge in [0.15, 0.2) is 0 Å². The van der Waals surface area contributed by atoms with Crippen molar-refractivity contribution in [3.63, 3.8) is 0 Å². The number of hydrogen-bond donors (Lipinski definition) is 2. The van der Waals surface area contributed by atoms with Crippen LogP contribution in [0, 0.1) is 6.92 Å². The molecule has 0 saturated carbocycles. The van der Waals surface area contributed by atoms with Crippen molar-refractivity contribution in [2.45, 2.75) is 12.2 Å². The van der Waals surface area contributed by atoms with E-state index < -0.39 is 0 Å². The van der Waals surface area contributed by atoms with E-state index in [0.29, 0.717) is 5.25 Å². The van der Waals surface area contributed by atoms with Gasteiger partial charge in [0.1, 0.15) is 0 Å². The number of thioether (sulfide) groups is 2. The summed E-state index contributed by atoms with van der Waals surface area (Å²) in [4.78, 5) is 12.2. The first-order valence-electron chi connectivity index (χ1n) is 6.46. The summed E-state index contributed by atoms with van der Waals surface area (Å²) in [5, 5.41) is 6.68. The molecule has 104 valence electrons. The highest BCUT2D eigenvalue weighted by atomic mass is 32.2. The second-order valence-corrected chi connectivity index (χ2v) is 7.13. The van der Waals surface area contributed by atoms with Gasteiger partial charge in [-0.3, -0.25) is 4.79 Å². The average molecular weight is 296 g/mol. The predicted molar refractivity (Wildman–Crippen MR) is 86.6 cm³/mol. The van der Waals surface area contributed by atoms with E-state index in [0.717, 1.165) is 29.1 Å². The molecule has 0 bridgehead atoms. The molecule has 0 aliphatic carbocycles. The Hall–Kier alpha value is -0.810. The Bertz CT molecular complexity index is 445. The zero-order chi connectivity index (χ0) is 13.7. The Morgan fingerprint density at radius 1 is 1.42 bits per heavy atom. The molecule has 1 fully saturated rings. The number of carbonyl (C=O) groups excluding carboxylic acids is 1. The zero-order valence-electron chi connectivity index (χ0n) is 11.4. The Kier molecular flexibility index (Phi) is 5.45. The van der Waals surface area contributed by atoms with E-state index >= 15 is 0 Å². The quantitative estimate of drug-likeness (QED) is 0.896. The van der Waals surface area contributed by atoms with Crippen LogP contribution >= 0.6 is 23.5 Å². The van der Waals surface area contributed by atoms with Crippen molar-refractivity contribution in [2.24, 2.45) is 0 Å². The molecular formula is C14H20N2OS2. The summed E-state index contributed by atoms with van der Waals surface area (Å²) >= 11 is 3.94. The lowest BCUT2D eigenvalue weighted by atomic mass is 10.1. The van der Waals surface area contributed by atoms with Crippen LogP contribution in [0.3, 0.4) is 0 Å².